The van der Waals surface area contributed by atoms with Crippen LogP contribution in [0.2, 0.25) is 0 Å². The molecule has 0 aromatic heterocycles. The summed E-state index contributed by atoms with van der Waals surface area (Å²) in [7, 11) is 0. The minimum atomic E-state index is -0.907. The maximum absolute atomic E-state index is 12.9. The highest BCUT2D eigenvalue weighted by molar-refractivity contribution is 5.81. The second-order valence-corrected chi connectivity index (χ2v) is 10.5. The normalized spacial score (nSPS) is 14.6. The van der Waals surface area contributed by atoms with Gasteiger partial charge in [0.25, 0.3) is 0 Å². The Kier molecular flexibility index (Phi) is 8.20. The van der Waals surface area contributed by atoms with E-state index in [1.54, 1.807) is 20.8 Å². The molecule has 0 spiro atoms. The van der Waals surface area contributed by atoms with E-state index in [1.807, 2.05) is 38.1 Å². The third-order valence-electron chi connectivity index (χ3n) is 6.62. The number of amides is 2. The molecule has 188 valence electrons. The number of carboxylic acid groups (broad SMARTS) is 1. The lowest BCUT2D eigenvalue weighted by Crippen LogP contribution is -2.49. The van der Waals surface area contributed by atoms with Crippen molar-refractivity contribution in [3.05, 3.63) is 59.7 Å². The fourth-order valence-corrected chi connectivity index (χ4v) is 4.94. The Morgan fingerprint density at radius 1 is 0.971 bits per heavy atom. The number of ether oxygens (including phenoxy) is 1. The Labute approximate surface area is 207 Å². The van der Waals surface area contributed by atoms with Crippen LogP contribution in [-0.2, 0) is 14.3 Å². The second kappa shape index (κ2) is 10.9. The lowest BCUT2D eigenvalue weighted by Gasteiger charge is -2.29. The van der Waals surface area contributed by atoms with Gasteiger partial charge in [-0.1, -0.05) is 76.2 Å². The van der Waals surface area contributed by atoms with Crippen molar-refractivity contribution < 1.29 is 24.2 Å². The van der Waals surface area contributed by atoms with Crippen molar-refractivity contribution in [3.63, 3.8) is 0 Å². The highest BCUT2D eigenvalue weighted by atomic mass is 16.5. The first kappa shape index (κ1) is 26.3. The maximum Gasteiger partial charge on any atom is 0.407 e. The fraction of sp³-hybridized carbons (Fsp3) is 0.464. The number of aliphatic carboxylic acids is 1. The number of hydrogen-bond donors (Lipinski definition) is 3. The summed E-state index contributed by atoms with van der Waals surface area (Å²) in [5.74, 6) is -1.69. The lowest BCUT2D eigenvalue weighted by atomic mass is 9.86. The van der Waals surface area contributed by atoms with E-state index in [1.165, 1.54) is 0 Å². The van der Waals surface area contributed by atoms with Gasteiger partial charge in [-0.25, -0.2) is 4.79 Å². The smallest absolute Gasteiger partial charge is 0.407 e. The first-order valence-electron chi connectivity index (χ1n) is 12.1. The average Bonchev–Trinajstić information content (AvgIpc) is 3.09. The topological polar surface area (TPSA) is 105 Å². The van der Waals surface area contributed by atoms with Crippen LogP contribution in [0.25, 0.3) is 11.1 Å². The number of carbonyl (C=O) groups is 3. The molecule has 35 heavy (non-hydrogen) atoms. The molecule has 3 N–H and O–H groups in total. The van der Waals surface area contributed by atoms with E-state index < -0.39 is 29.4 Å². The van der Waals surface area contributed by atoms with Crippen LogP contribution in [0, 0.1) is 17.3 Å². The van der Waals surface area contributed by atoms with Crippen molar-refractivity contribution in [2.45, 2.75) is 53.0 Å². The summed E-state index contributed by atoms with van der Waals surface area (Å²) in [6, 6.07) is 15.8. The van der Waals surface area contributed by atoms with Crippen LogP contribution >= 0.6 is 0 Å². The monoisotopic (exact) mass is 480 g/mol. The SMILES string of the molecule is CC(C)C(C(=O)NCC(C)(C)CC(=O)O)C(C)NC(=O)OCC1c2ccccc2-c2ccccc21. The van der Waals surface area contributed by atoms with E-state index in [4.69, 9.17) is 9.84 Å². The number of fused-ring (bicyclic) bond motifs is 3. The molecular formula is C28H36N2O5. The summed E-state index contributed by atoms with van der Waals surface area (Å²) in [6.45, 7) is 9.65. The zero-order valence-electron chi connectivity index (χ0n) is 21.1. The Hall–Kier alpha value is -3.35. The van der Waals surface area contributed by atoms with Crippen molar-refractivity contribution in [2.75, 3.05) is 13.2 Å². The Morgan fingerprint density at radius 3 is 2.03 bits per heavy atom. The van der Waals surface area contributed by atoms with Crippen molar-refractivity contribution in [1.29, 1.82) is 0 Å². The molecule has 0 bridgehead atoms. The van der Waals surface area contributed by atoms with E-state index in [0.717, 1.165) is 22.3 Å². The van der Waals surface area contributed by atoms with Gasteiger partial charge in [0.15, 0.2) is 0 Å². The minimum Gasteiger partial charge on any atom is -0.481 e. The first-order valence-corrected chi connectivity index (χ1v) is 12.1. The summed E-state index contributed by atoms with van der Waals surface area (Å²) in [6.07, 6.45) is -0.614. The molecule has 0 saturated carbocycles. The molecule has 0 heterocycles. The molecule has 2 aromatic carbocycles. The number of alkyl carbamates (subject to hydrolysis) is 1. The zero-order valence-corrected chi connectivity index (χ0v) is 21.1. The lowest BCUT2D eigenvalue weighted by molar-refractivity contribution is -0.139. The highest BCUT2D eigenvalue weighted by Gasteiger charge is 2.33. The Bertz CT molecular complexity index is 1030. The van der Waals surface area contributed by atoms with Gasteiger partial charge in [-0.3, -0.25) is 9.59 Å². The second-order valence-electron chi connectivity index (χ2n) is 10.5. The number of carboxylic acids is 1. The van der Waals surface area contributed by atoms with E-state index in [2.05, 4.69) is 34.9 Å². The van der Waals surface area contributed by atoms with Gasteiger partial charge >= 0.3 is 12.1 Å². The molecule has 7 heteroatoms. The van der Waals surface area contributed by atoms with Gasteiger partial charge < -0.3 is 20.5 Å². The molecule has 1 aliphatic rings. The van der Waals surface area contributed by atoms with Crippen LogP contribution < -0.4 is 10.6 Å². The largest absolute Gasteiger partial charge is 0.481 e. The Balaban J connectivity index is 1.60. The van der Waals surface area contributed by atoms with E-state index in [9.17, 15) is 14.4 Å². The standard InChI is InChI=1S/C28H36N2O5/c1-17(2)25(26(33)29-16-28(4,5)14-24(31)32)18(3)30-27(34)35-15-23-21-12-8-6-10-19(21)20-11-7-9-13-22(20)23/h6-13,17-18,23,25H,14-16H2,1-5H3,(H,29,33)(H,30,34)(H,31,32). The summed E-state index contributed by atoms with van der Waals surface area (Å²) in [5.41, 5.74) is 4.02. The minimum absolute atomic E-state index is 0.0379. The molecular weight excluding hydrogens is 444 g/mol. The number of carbonyl (C=O) groups excluding carboxylic acids is 2. The van der Waals surface area contributed by atoms with Gasteiger partial charge in [0.05, 0.1) is 12.3 Å². The number of benzene rings is 2. The van der Waals surface area contributed by atoms with Gasteiger partial charge in [-0.05, 0) is 40.5 Å². The molecule has 0 radical (unpaired) electrons. The molecule has 0 fully saturated rings. The fourth-order valence-electron chi connectivity index (χ4n) is 4.94. The third-order valence-corrected chi connectivity index (χ3v) is 6.62. The van der Waals surface area contributed by atoms with E-state index in [0.29, 0.717) is 0 Å². The molecule has 2 atom stereocenters. The van der Waals surface area contributed by atoms with Crippen molar-refractivity contribution in [2.24, 2.45) is 17.3 Å². The third kappa shape index (κ3) is 6.41. The number of nitrogens with one attached hydrogen (secondary N) is 2. The quantitative estimate of drug-likeness (QED) is 0.453. The molecule has 3 rings (SSSR count). The van der Waals surface area contributed by atoms with Crippen LogP contribution in [0.3, 0.4) is 0 Å². The zero-order chi connectivity index (χ0) is 25.8. The number of hydrogen-bond acceptors (Lipinski definition) is 4. The predicted octanol–water partition coefficient (Wildman–Crippen LogP) is 4.80. The molecule has 2 amide bonds. The van der Waals surface area contributed by atoms with Crippen LogP contribution in [0.15, 0.2) is 48.5 Å². The van der Waals surface area contributed by atoms with Gasteiger partial charge in [0.2, 0.25) is 5.91 Å². The van der Waals surface area contributed by atoms with Crippen molar-refractivity contribution in [3.8, 4) is 11.1 Å². The highest BCUT2D eigenvalue weighted by Crippen LogP contribution is 2.44. The van der Waals surface area contributed by atoms with Crippen LogP contribution in [0.5, 0.6) is 0 Å². The average molecular weight is 481 g/mol. The van der Waals surface area contributed by atoms with Crippen LogP contribution in [-0.4, -0.2) is 42.3 Å². The summed E-state index contributed by atoms with van der Waals surface area (Å²) < 4.78 is 5.63. The molecule has 1 aliphatic carbocycles. The molecule has 0 saturated heterocycles. The van der Waals surface area contributed by atoms with Gasteiger partial charge in [-0.15, -0.1) is 0 Å². The summed E-state index contributed by atoms with van der Waals surface area (Å²) in [5, 5.41) is 14.8. The Morgan fingerprint density at radius 2 is 1.51 bits per heavy atom. The van der Waals surface area contributed by atoms with Crippen molar-refractivity contribution >= 4 is 18.0 Å². The molecule has 2 unspecified atom stereocenters. The molecule has 2 aromatic rings. The maximum atomic E-state index is 12.9. The van der Waals surface area contributed by atoms with E-state index >= 15 is 0 Å². The molecule has 0 aliphatic heterocycles. The van der Waals surface area contributed by atoms with Gasteiger partial charge in [0.1, 0.15) is 6.61 Å². The summed E-state index contributed by atoms with van der Waals surface area (Å²) >= 11 is 0. The van der Waals surface area contributed by atoms with Gasteiger partial charge in [0, 0.05) is 18.5 Å². The number of rotatable bonds is 10. The van der Waals surface area contributed by atoms with Crippen LogP contribution in [0.1, 0.15) is 58.1 Å². The summed E-state index contributed by atoms with van der Waals surface area (Å²) in [4.78, 5) is 36.7. The first-order chi connectivity index (χ1) is 16.5. The van der Waals surface area contributed by atoms with E-state index in [-0.39, 0.29) is 37.3 Å². The van der Waals surface area contributed by atoms with Crippen molar-refractivity contribution in [1.82, 2.24) is 10.6 Å². The van der Waals surface area contributed by atoms with Gasteiger partial charge in [-0.2, -0.15) is 0 Å². The van der Waals surface area contributed by atoms with Crippen LogP contribution in [0.4, 0.5) is 4.79 Å². The molecule has 7 nitrogen and oxygen atoms in total. The predicted molar refractivity (Wildman–Crippen MR) is 135 cm³/mol.